The number of benzene rings is 1. The topological polar surface area (TPSA) is 108 Å². The molecule has 3 N–H and O–H groups in total. The third-order valence-corrected chi connectivity index (χ3v) is 2.16. The highest BCUT2D eigenvalue weighted by atomic mass is 16.5. The molecule has 0 saturated carbocycles. The van der Waals surface area contributed by atoms with Crippen molar-refractivity contribution >= 4 is 18.0 Å². The second-order valence-electron chi connectivity index (χ2n) is 3.40. The lowest BCUT2D eigenvalue weighted by molar-refractivity contribution is 0.415. The standard InChI is InChI=1S/C12H14N6O/c1-9(10-3-5-11(19-2)6-4-10)17-18-12(14)16-8-15-7-13/h3-6,8H,1-2H3,(H3,14,15,16,18)/b17-9+. The number of nitrogens with two attached hydrogens (primary N) is 1. The highest BCUT2D eigenvalue weighted by Gasteiger charge is 1.98. The van der Waals surface area contributed by atoms with E-state index in [0.717, 1.165) is 23.4 Å². The number of aliphatic imine (C=N–C) groups is 2. The lowest BCUT2D eigenvalue weighted by Crippen LogP contribution is -2.28. The van der Waals surface area contributed by atoms with Gasteiger partial charge in [-0.2, -0.15) is 15.4 Å². The molecule has 0 aliphatic rings. The molecule has 7 heteroatoms. The highest BCUT2D eigenvalue weighted by Crippen LogP contribution is 2.11. The minimum atomic E-state index is 0.0480. The summed E-state index contributed by atoms with van der Waals surface area (Å²) in [6, 6.07) is 7.43. The molecule has 1 aromatic rings. The Balaban J connectivity index is 2.68. The maximum atomic E-state index is 8.17. The molecule has 0 bridgehead atoms. The molecule has 0 fully saturated rings. The summed E-state index contributed by atoms with van der Waals surface area (Å²) in [5.74, 6) is 0.824. The SMILES string of the molecule is COc1ccc(/C(C)=N/NC(N)=NC=NC#N)cc1. The minimum Gasteiger partial charge on any atom is -0.497 e. The second-order valence-corrected chi connectivity index (χ2v) is 3.40. The molecule has 0 aromatic heterocycles. The van der Waals surface area contributed by atoms with Crippen LogP contribution in [0.4, 0.5) is 0 Å². The Hall–Kier alpha value is -2.88. The number of guanidine groups is 1. The van der Waals surface area contributed by atoms with E-state index in [-0.39, 0.29) is 5.96 Å². The molecule has 0 aliphatic heterocycles. The molecule has 98 valence electrons. The Labute approximate surface area is 111 Å². The molecule has 1 rings (SSSR count). The summed E-state index contributed by atoms with van der Waals surface area (Å²) in [7, 11) is 1.61. The second kappa shape index (κ2) is 7.45. The molecule has 0 saturated heterocycles. The number of nitrogens with one attached hydrogen (secondary N) is 1. The molecule has 0 aliphatic carbocycles. The van der Waals surface area contributed by atoms with Gasteiger partial charge in [-0.15, -0.1) is 0 Å². The normalized spacial score (nSPS) is 12.3. The van der Waals surface area contributed by atoms with E-state index in [0.29, 0.717) is 0 Å². The summed E-state index contributed by atoms with van der Waals surface area (Å²) in [6.07, 6.45) is 2.60. The lowest BCUT2D eigenvalue weighted by atomic mass is 10.1. The van der Waals surface area contributed by atoms with Crippen LogP contribution in [-0.2, 0) is 0 Å². The number of hydrogen-bond acceptors (Lipinski definition) is 4. The van der Waals surface area contributed by atoms with Gasteiger partial charge >= 0.3 is 0 Å². The molecule has 0 unspecified atom stereocenters. The minimum absolute atomic E-state index is 0.0480. The summed E-state index contributed by atoms with van der Waals surface area (Å²) in [4.78, 5) is 6.88. The van der Waals surface area contributed by atoms with Gasteiger partial charge in [0.25, 0.3) is 0 Å². The van der Waals surface area contributed by atoms with Gasteiger partial charge in [-0.3, -0.25) is 0 Å². The summed E-state index contributed by atoms with van der Waals surface area (Å²) in [6.45, 7) is 1.82. The summed E-state index contributed by atoms with van der Waals surface area (Å²) in [5, 5.41) is 12.2. The van der Waals surface area contributed by atoms with Crippen LogP contribution in [0.2, 0.25) is 0 Å². The number of hydrogen-bond donors (Lipinski definition) is 2. The van der Waals surface area contributed by atoms with Crippen molar-refractivity contribution in [3.05, 3.63) is 29.8 Å². The predicted octanol–water partition coefficient (Wildman–Crippen LogP) is 0.833. The van der Waals surface area contributed by atoms with Crippen LogP contribution >= 0.6 is 0 Å². The first-order valence-corrected chi connectivity index (χ1v) is 5.36. The first kappa shape index (κ1) is 14.2. The third-order valence-electron chi connectivity index (χ3n) is 2.16. The van der Waals surface area contributed by atoms with Gasteiger partial charge in [-0.05, 0) is 36.8 Å². The van der Waals surface area contributed by atoms with E-state index in [1.807, 2.05) is 31.2 Å². The van der Waals surface area contributed by atoms with Gasteiger partial charge in [0.15, 0.2) is 0 Å². The molecule has 0 amide bonds. The highest BCUT2D eigenvalue weighted by molar-refractivity contribution is 5.99. The van der Waals surface area contributed by atoms with Gasteiger partial charge in [-0.25, -0.2) is 10.4 Å². The van der Waals surface area contributed by atoms with E-state index < -0.39 is 0 Å². The molecule has 0 radical (unpaired) electrons. The van der Waals surface area contributed by atoms with Crippen LogP contribution in [0, 0.1) is 11.5 Å². The average Bonchev–Trinajstić information content (AvgIpc) is 2.45. The fourth-order valence-corrected chi connectivity index (χ4v) is 1.18. The van der Waals surface area contributed by atoms with Crippen LogP contribution in [0.15, 0.2) is 39.4 Å². The van der Waals surface area contributed by atoms with Crippen LogP contribution in [0.5, 0.6) is 5.75 Å². The Bertz CT molecular complexity index is 538. The van der Waals surface area contributed by atoms with Crippen molar-refractivity contribution in [3.63, 3.8) is 0 Å². The summed E-state index contributed by atoms with van der Waals surface area (Å²) < 4.78 is 5.07. The van der Waals surface area contributed by atoms with Crippen molar-refractivity contribution in [2.75, 3.05) is 7.11 Å². The van der Waals surface area contributed by atoms with E-state index in [1.165, 1.54) is 0 Å². The van der Waals surface area contributed by atoms with E-state index in [2.05, 4.69) is 20.5 Å². The van der Waals surface area contributed by atoms with Gasteiger partial charge in [0.05, 0.1) is 12.8 Å². The average molecular weight is 258 g/mol. The zero-order valence-electron chi connectivity index (χ0n) is 10.7. The van der Waals surface area contributed by atoms with Gasteiger partial charge in [-0.1, -0.05) is 0 Å². The largest absolute Gasteiger partial charge is 0.497 e. The first-order chi connectivity index (χ1) is 9.17. The van der Waals surface area contributed by atoms with E-state index >= 15 is 0 Å². The predicted molar refractivity (Wildman–Crippen MR) is 74.1 cm³/mol. The summed E-state index contributed by atoms with van der Waals surface area (Å²) in [5.41, 5.74) is 9.71. The Morgan fingerprint density at radius 2 is 2.11 bits per heavy atom. The Morgan fingerprint density at radius 1 is 1.42 bits per heavy atom. The number of methoxy groups -OCH3 is 1. The monoisotopic (exact) mass is 258 g/mol. The summed E-state index contributed by atoms with van der Waals surface area (Å²) >= 11 is 0. The van der Waals surface area contributed by atoms with Gasteiger partial charge in [0.2, 0.25) is 12.2 Å². The molecule has 1 aromatic carbocycles. The van der Waals surface area contributed by atoms with Crippen molar-refractivity contribution in [3.8, 4) is 11.9 Å². The van der Waals surface area contributed by atoms with Crippen LogP contribution < -0.4 is 15.9 Å². The van der Waals surface area contributed by atoms with Gasteiger partial charge in [0.1, 0.15) is 12.1 Å². The lowest BCUT2D eigenvalue weighted by Gasteiger charge is -2.04. The van der Waals surface area contributed by atoms with E-state index in [4.69, 9.17) is 15.7 Å². The molecule has 0 spiro atoms. The van der Waals surface area contributed by atoms with Crippen molar-refractivity contribution in [2.45, 2.75) is 6.92 Å². The van der Waals surface area contributed by atoms with E-state index in [1.54, 1.807) is 13.3 Å². The quantitative estimate of drug-likeness (QED) is 0.361. The maximum Gasteiger partial charge on any atom is 0.215 e. The van der Waals surface area contributed by atoms with Crippen LogP contribution in [0.25, 0.3) is 0 Å². The molecule has 19 heavy (non-hydrogen) atoms. The smallest absolute Gasteiger partial charge is 0.215 e. The fourth-order valence-electron chi connectivity index (χ4n) is 1.18. The number of nitrogens with zero attached hydrogens (tertiary/aromatic N) is 4. The van der Waals surface area contributed by atoms with E-state index in [9.17, 15) is 0 Å². The molecule has 0 heterocycles. The Kier molecular flexibility index (Phi) is 5.56. The third kappa shape index (κ3) is 4.87. The Morgan fingerprint density at radius 3 is 2.68 bits per heavy atom. The van der Waals surface area contributed by atoms with Crippen molar-refractivity contribution in [1.29, 1.82) is 5.26 Å². The van der Waals surface area contributed by atoms with Crippen molar-refractivity contribution in [1.82, 2.24) is 5.43 Å². The van der Waals surface area contributed by atoms with Crippen LogP contribution in [-0.4, -0.2) is 25.1 Å². The number of ether oxygens (including phenoxy) is 1. The number of nitriles is 1. The fraction of sp³-hybridized carbons (Fsp3) is 0.167. The van der Waals surface area contributed by atoms with Crippen molar-refractivity contribution < 1.29 is 4.74 Å². The first-order valence-electron chi connectivity index (χ1n) is 5.36. The molecule has 7 nitrogen and oxygen atoms in total. The molecular formula is C12H14N6O. The van der Waals surface area contributed by atoms with Gasteiger partial charge in [0, 0.05) is 0 Å². The number of hydrazone groups is 1. The zero-order chi connectivity index (χ0) is 14.1. The number of rotatable bonds is 4. The van der Waals surface area contributed by atoms with Crippen molar-refractivity contribution in [2.24, 2.45) is 20.8 Å². The van der Waals surface area contributed by atoms with Crippen LogP contribution in [0.3, 0.4) is 0 Å². The van der Waals surface area contributed by atoms with Gasteiger partial charge < -0.3 is 10.5 Å². The molecular weight excluding hydrogens is 244 g/mol. The maximum absolute atomic E-state index is 8.17. The molecule has 0 atom stereocenters. The van der Waals surface area contributed by atoms with Crippen LogP contribution in [0.1, 0.15) is 12.5 Å². The zero-order valence-corrected chi connectivity index (χ0v) is 10.7.